The molecule has 2 fully saturated rings. The third kappa shape index (κ3) is 4.78. The first-order valence-corrected chi connectivity index (χ1v) is 10.7. The minimum absolute atomic E-state index is 0.0527. The van der Waals surface area contributed by atoms with Crippen LogP contribution in [0.4, 0.5) is 27.5 Å². The van der Waals surface area contributed by atoms with E-state index in [1.807, 2.05) is 6.92 Å². The van der Waals surface area contributed by atoms with Gasteiger partial charge in [0, 0.05) is 36.1 Å². The Morgan fingerprint density at radius 2 is 2.00 bits per heavy atom. The molecule has 2 aliphatic heterocycles. The Morgan fingerprint density at radius 3 is 2.76 bits per heavy atom. The zero-order chi connectivity index (χ0) is 22.8. The van der Waals surface area contributed by atoms with Crippen molar-refractivity contribution in [1.29, 1.82) is 0 Å². The fourth-order valence-corrected chi connectivity index (χ4v) is 4.10. The second-order valence-corrected chi connectivity index (χ2v) is 8.03. The van der Waals surface area contributed by atoms with Gasteiger partial charge in [-0.2, -0.15) is 5.10 Å². The van der Waals surface area contributed by atoms with E-state index in [0.29, 0.717) is 36.2 Å². The summed E-state index contributed by atoms with van der Waals surface area (Å²) in [7, 11) is 0. The Hall–Kier alpha value is -3.57. The Bertz CT molecular complexity index is 1140. The lowest BCUT2D eigenvalue weighted by atomic mass is 10.2. The third-order valence-corrected chi connectivity index (χ3v) is 5.66. The van der Waals surface area contributed by atoms with Crippen LogP contribution in [-0.4, -0.2) is 64.6 Å². The van der Waals surface area contributed by atoms with Gasteiger partial charge in [-0.1, -0.05) is 6.07 Å². The molecule has 0 saturated carbocycles. The van der Waals surface area contributed by atoms with Gasteiger partial charge in [-0.15, -0.1) is 0 Å². The van der Waals surface area contributed by atoms with Crippen molar-refractivity contribution in [3.05, 3.63) is 53.7 Å². The number of nitrogens with zero attached hydrogens (tertiary/aromatic N) is 4. The number of amides is 1. The zero-order valence-corrected chi connectivity index (χ0v) is 18.0. The predicted molar refractivity (Wildman–Crippen MR) is 119 cm³/mol. The summed E-state index contributed by atoms with van der Waals surface area (Å²) in [5.41, 5.74) is 1.89. The number of halogens is 1. The van der Waals surface area contributed by atoms with E-state index in [-0.39, 0.29) is 24.5 Å². The molecular weight excluding hydrogens is 429 g/mol. The standard InChI is InChI=1S/C22H24FN7O3/c1-13-21(24-12-25-22(13)30-10-17-18(11-30)33-6-5-32-17)27-19-8-16(28-29-19)9-20(31)26-15-4-2-3-14(23)7-15/h2-4,7-8,12,17-18H,5-6,9-11H2,1H3,(H,26,31)(H2,24,25,27,28,29). The number of hydrogen-bond acceptors (Lipinski definition) is 8. The molecule has 10 nitrogen and oxygen atoms in total. The van der Waals surface area contributed by atoms with Crippen molar-refractivity contribution in [2.75, 3.05) is 41.8 Å². The highest BCUT2D eigenvalue weighted by molar-refractivity contribution is 5.92. The first-order valence-electron chi connectivity index (χ1n) is 10.7. The van der Waals surface area contributed by atoms with Crippen molar-refractivity contribution >= 4 is 29.0 Å². The number of aromatic nitrogens is 4. The van der Waals surface area contributed by atoms with E-state index in [0.717, 1.165) is 24.5 Å². The molecule has 0 spiro atoms. The van der Waals surface area contributed by atoms with Gasteiger partial charge in [-0.3, -0.25) is 9.89 Å². The fraction of sp³-hybridized carbons (Fsp3) is 0.364. The van der Waals surface area contributed by atoms with Crippen LogP contribution in [0.2, 0.25) is 0 Å². The molecule has 0 aliphatic carbocycles. The van der Waals surface area contributed by atoms with Gasteiger partial charge in [0.05, 0.1) is 19.6 Å². The van der Waals surface area contributed by atoms with Gasteiger partial charge >= 0.3 is 0 Å². The van der Waals surface area contributed by atoms with Crippen molar-refractivity contribution in [2.24, 2.45) is 0 Å². The molecule has 0 radical (unpaired) electrons. The lowest BCUT2D eigenvalue weighted by Crippen LogP contribution is -2.36. The molecule has 11 heteroatoms. The number of carbonyl (C=O) groups is 1. The minimum atomic E-state index is -0.409. The van der Waals surface area contributed by atoms with Crippen molar-refractivity contribution < 1.29 is 18.7 Å². The second-order valence-electron chi connectivity index (χ2n) is 8.03. The Labute approximate surface area is 189 Å². The van der Waals surface area contributed by atoms with Crippen LogP contribution in [0, 0.1) is 12.7 Å². The largest absolute Gasteiger partial charge is 0.371 e. The summed E-state index contributed by atoms with van der Waals surface area (Å²) in [6.07, 6.45) is 1.68. The molecule has 33 heavy (non-hydrogen) atoms. The van der Waals surface area contributed by atoms with Crippen molar-refractivity contribution in [3.8, 4) is 0 Å². The predicted octanol–water partition coefficient (Wildman–Crippen LogP) is 2.18. The fourth-order valence-electron chi connectivity index (χ4n) is 4.10. The molecule has 3 N–H and O–H groups in total. The molecule has 5 rings (SSSR count). The number of aromatic amines is 1. The van der Waals surface area contributed by atoms with E-state index in [2.05, 4.69) is 35.7 Å². The lowest BCUT2D eigenvalue weighted by Gasteiger charge is -2.24. The number of ether oxygens (including phenoxy) is 2. The van der Waals surface area contributed by atoms with Crippen LogP contribution in [0.3, 0.4) is 0 Å². The maximum Gasteiger partial charge on any atom is 0.230 e. The van der Waals surface area contributed by atoms with Gasteiger partial charge in [0.1, 0.15) is 36.0 Å². The molecule has 2 aromatic heterocycles. The maximum atomic E-state index is 13.3. The van der Waals surface area contributed by atoms with Gasteiger partial charge < -0.3 is 25.0 Å². The van der Waals surface area contributed by atoms with Gasteiger partial charge in [0.15, 0.2) is 5.82 Å². The normalized spacial score (nSPS) is 19.9. The van der Waals surface area contributed by atoms with Crippen LogP contribution < -0.4 is 15.5 Å². The summed E-state index contributed by atoms with van der Waals surface area (Å²) in [6, 6.07) is 7.49. The van der Waals surface area contributed by atoms with Gasteiger partial charge in [-0.25, -0.2) is 14.4 Å². The highest BCUT2D eigenvalue weighted by Gasteiger charge is 2.37. The van der Waals surface area contributed by atoms with E-state index in [9.17, 15) is 9.18 Å². The van der Waals surface area contributed by atoms with Gasteiger partial charge in [0.2, 0.25) is 5.91 Å². The third-order valence-electron chi connectivity index (χ3n) is 5.66. The number of hydrogen-bond donors (Lipinski definition) is 3. The topological polar surface area (TPSA) is 117 Å². The van der Waals surface area contributed by atoms with E-state index in [1.165, 1.54) is 24.5 Å². The molecule has 0 bridgehead atoms. The monoisotopic (exact) mass is 453 g/mol. The quantitative estimate of drug-likeness (QED) is 0.520. The van der Waals surface area contributed by atoms with Crippen LogP contribution >= 0.6 is 0 Å². The number of H-pyrrole nitrogens is 1. The van der Waals surface area contributed by atoms with E-state index >= 15 is 0 Å². The summed E-state index contributed by atoms with van der Waals surface area (Å²) >= 11 is 0. The maximum absolute atomic E-state index is 13.3. The zero-order valence-electron chi connectivity index (χ0n) is 18.0. The molecule has 2 unspecified atom stereocenters. The number of nitrogens with one attached hydrogen (secondary N) is 3. The Balaban J connectivity index is 1.23. The molecule has 2 saturated heterocycles. The average molecular weight is 453 g/mol. The van der Waals surface area contributed by atoms with E-state index in [4.69, 9.17) is 9.47 Å². The average Bonchev–Trinajstić information content (AvgIpc) is 3.41. The molecule has 4 heterocycles. The van der Waals surface area contributed by atoms with Gasteiger partial charge in [0.25, 0.3) is 0 Å². The van der Waals surface area contributed by atoms with Crippen LogP contribution in [0.15, 0.2) is 36.7 Å². The van der Waals surface area contributed by atoms with Crippen molar-refractivity contribution in [1.82, 2.24) is 20.2 Å². The van der Waals surface area contributed by atoms with Gasteiger partial charge in [-0.05, 0) is 25.1 Å². The summed E-state index contributed by atoms with van der Waals surface area (Å²) in [5, 5.41) is 12.9. The molecule has 2 atom stereocenters. The first kappa shape index (κ1) is 21.3. The second kappa shape index (κ2) is 9.12. The molecule has 1 aromatic carbocycles. The Morgan fingerprint density at radius 1 is 1.21 bits per heavy atom. The molecule has 1 amide bonds. The Kier molecular flexibility index (Phi) is 5.88. The van der Waals surface area contributed by atoms with Crippen LogP contribution in [-0.2, 0) is 20.7 Å². The van der Waals surface area contributed by atoms with E-state index in [1.54, 1.807) is 12.1 Å². The van der Waals surface area contributed by atoms with Crippen LogP contribution in [0.25, 0.3) is 0 Å². The number of carbonyl (C=O) groups excluding carboxylic acids is 1. The summed E-state index contributed by atoms with van der Waals surface area (Å²) < 4.78 is 24.9. The smallest absolute Gasteiger partial charge is 0.230 e. The van der Waals surface area contributed by atoms with Crippen LogP contribution in [0.5, 0.6) is 0 Å². The summed E-state index contributed by atoms with van der Waals surface area (Å²) in [4.78, 5) is 23.2. The van der Waals surface area contributed by atoms with Crippen LogP contribution in [0.1, 0.15) is 11.3 Å². The van der Waals surface area contributed by atoms with E-state index < -0.39 is 5.82 Å². The molecule has 172 valence electrons. The highest BCUT2D eigenvalue weighted by Crippen LogP contribution is 2.29. The molecule has 3 aromatic rings. The number of benzene rings is 1. The lowest BCUT2D eigenvalue weighted by molar-refractivity contribution is -0.116. The number of rotatable bonds is 6. The summed E-state index contributed by atoms with van der Waals surface area (Å²) in [6.45, 7) is 4.61. The number of anilines is 4. The highest BCUT2D eigenvalue weighted by atomic mass is 19.1. The SMILES string of the molecule is Cc1c(Nc2cc(CC(=O)Nc3cccc(F)c3)[nH]n2)ncnc1N1CC2OCCOC2C1. The van der Waals surface area contributed by atoms with Crippen molar-refractivity contribution in [3.63, 3.8) is 0 Å². The molecular formula is C22H24FN7O3. The minimum Gasteiger partial charge on any atom is -0.371 e. The summed E-state index contributed by atoms with van der Waals surface area (Å²) in [5.74, 6) is 1.28. The molecule has 2 aliphatic rings. The van der Waals surface area contributed by atoms with Crippen molar-refractivity contribution in [2.45, 2.75) is 25.6 Å². The number of fused-ring (bicyclic) bond motifs is 1. The first-order chi connectivity index (χ1) is 16.0.